The number of benzene rings is 1. The van der Waals surface area contributed by atoms with Gasteiger partial charge in [0.1, 0.15) is 6.07 Å². The summed E-state index contributed by atoms with van der Waals surface area (Å²) in [5.41, 5.74) is 0.875. The van der Waals surface area contributed by atoms with Gasteiger partial charge in [-0.25, -0.2) is 9.59 Å². The molecule has 8 heteroatoms. The average Bonchev–Trinajstić information content (AvgIpc) is 2.55. The smallest absolute Gasteiger partial charge is 0.409 e. The minimum Gasteiger partial charge on any atom is -0.450 e. The van der Waals surface area contributed by atoms with Gasteiger partial charge < -0.3 is 19.9 Å². The predicted molar refractivity (Wildman–Crippen MR) is 85.4 cm³/mol. The van der Waals surface area contributed by atoms with E-state index in [1.165, 1.54) is 6.07 Å². The van der Waals surface area contributed by atoms with Gasteiger partial charge in [0.2, 0.25) is 0 Å². The van der Waals surface area contributed by atoms with Crippen LogP contribution in [-0.4, -0.2) is 54.7 Å². The number of piperazine rings is 1. The minimum absolute atomic E-state index is 0.269. The summed E-state index contributed by atoms with van der Waals surface area (Å²) < 4.78 is 4.93. The summed E-state index contributed by atoms with van der Waals surface area (Å²) in [7, 11) is 0. The molecule has 1 aromatic rings. The number of hydrogen-bond acceptors (Lipinski definition) is 4. The standard InChI is InChI=1S/C15H17ClN4O3/c1-2-23-15(22)20-7-5-19(6-8-20)14(21)18-12-4-3-11(10-17)13(16)9-12/h3-4,9H,2,5-8H2,1H3,(H,18,21). The normalized spacial score (nSPS) is 14.1. The number of hydrogen-bond donors (Lipinski definition) is 1. The fourth-order valence-electron chi connectivity index (χ4n) is 2.19. The molecule has 0 radical (unpaired) electrons. The van der Waals surface area contributed by atoms with E-state index in [9.17, 15) is 9.59 Å². The van der Waals surface area contributed by atoms with E-state index in [1.807, 2.05) is 6.07 Å². The molecule has 2 rings (SSSR count). The molecule has 3 amide bonds. The van der Waals surface area contributed by atoms with Gasteiger partial charge in [0.25, 0.3) is 0 Å². The molecule has 122 valence electrons. The first-order valence-corrected chi connectivity index (χ1v) is 7.60. The van der Waals surface area contributed by atoms with Gasteiger partial charge in [-0.15, -0.1) is 0 Å². The highest BCUT2D eigenvalue weighted by Gasteiger charge is 2.24. The molecule has 1 aliphatic rings. The second-order valence-electron chi connectivity index (χ2n) is 4.91. The Labute approximate surface area is 139 Å². The van der Waals surface area contributed by atoms with Crippen LogP contribution in [0, 0.1) is 11.3 Å². The molecule has 1 saturated heterocycles. The van der Waals surface area contributed by atoms with Crippen molar-refractivity contribution >= 4 is 29.4 Å². The number of nitriles is 1. The van der Waals surface area contributed by atoms with Crippen molar-refractivity contribution in [1.29, 1.82) is 5.26 Å². The molecule has 1 fully saturated rings. The number of anilines is 1. The number of nitrogens with zero attached hydrogens (tertiary/aromatic N) is 3. The van der Waals surface area contributed by atoms with Crippen LogP contribution in [0.15, 0.2) is 18.2 Å². The van der Waals surface area contributed by atoms with E-state index in [0.717, 1.165) is 0 Å². The van der Waals surface area contributed by atoms with Crippen LogP contribution in [0.1, 0.15) is 12.5 Å². The number of urea groups is 1. The van der Waals surface area contributed by atoms with E-state index in [2.05, 4.69) is 5.32 Å². The van der Waals surface area contributed by atoms with Gasteiger partial charge in [0.05, 0.1) is 17.2 Å². The quantitative estimate of drug-likeness (QED) is 0.899. The number of carbonyl (C=O) groups is 2. The Kier molecular flexibility index (Phi) is 5.66. The summed E-state index contributed by atoms with van der Waals surface area (Å²) in [6, 6.07) is 6.40. The first-order valence-electron chi connectivity index (χ1n) is 7.22. The van der Waals surface area contributed by atoms with Crippen LogP contribution in [0.25, 0.3) is 0 Å². The van der Waals surface area contributed by atoms with Crippen LogP contribution in [-0.2, 0) is 4.74 Å². The van der Waals surface area contributed by atoms with E-state index in [1.54, 1.807) is 28.9 Å². The largest absolute Gasteiger partial charge is 0.450 e. The third-order valence-corrected chi connectivity index (χ3v) is 3.75. The topological polar surface area (TPSA) is 85.7 Å². The first-order chi connectivity index (χ1) is 11.0. The zero-order valence-electron chi connectivity index (χ0n) is 12.7. The van der Waals surface area contributed by atoms with Gasteiger partial charge in [-0.3, -0.25) is 0 Å². The molecule has 0 aliphatic carbocycles. The predicted octanol–water partition coefficient (Wildman–Crippen LogP) is 2.52. The lowest BCUT2D eigenvalue weighted by Gasteiger charge is -2.34. The Morgan fingerprint density at radius 1 is 1.30 bits per heavy atom. The third kappa shape index (κ3) is 4.27. The number of nitrogens with one attached hydrogen (secondary N) is 1. The maximum Gasteiger partial charge on any atom is 0.409 e. The first kappa shape index (κ1) is 16.9. The molecule has 7 nitrogen and oxygen atoms in total. The highest BCUT2D eigenvalue weighted by molar-refractivity contribution is 6.32. The van der Waals surface area contributed by atoms with Gasteiger partial charge in [0, 0.05) is 31.9 Å². The zero-order chi connectivity index (χ0) is 16.8. The molecule has 1 heterocycles. The fraction of sp³-hybridized carbons (Fsp3) is 0.400. The number of amides is 3. The molecular formula is C15H17ClN4O3. The number of rotatable bonds is 2. The van der Waals surface area contributed by atoms with Crippen LogP contribution >= 0.6 is 11.6 Å². The van der Waals surface area contributed by atoms with Crippen molar-refractivity contribution < 1.29 is 14.3 Å². The lowest BCUT2D eigenvalue weighted by atomic mass is 10.2. The van der Waals surface area contributed by atoms with Gasteiger partial charge in [-0.05, 0) is 25.1 Å². The maximum atomic E-state index is 12.2. The van der Waals surface area contributed by atoms with Crippen molar-refractivity contribution in [3.8, 4) is 6.07 Å². The summed E-state index contributed by atoms with van der Waals surface area (Å²) >= 11 is 5.94. The lowest BCUT2D eigenvalue weighted by molar-refractivity contribution is 0.0868. The number of ether oxygens (including phenoxy) is 1. The van der Waals surface area contributed by atoms with Crippen LogP contribution in [0.5, 0.6) is 0 Å². The average molecular weight is 337 g/mol. The summed E-state index contributed by atoms with van der Waals surface area (Å²) in [4.78, 5) is 27.0. The number of carbonyl (C=O) groups excluding carboxylic acids is 2. The van der Waals surface area contributed by atoms with Crippen molar-refractivity contribution in [3.63, 3.8) is 0 Å². The van der Waals surface area contributed by atoms with E-state index in [-0.39, 0.29) is 17.1 Å². The Bertz CT molecular complexity index is 636. The van der Waals surface area contributed by atoms with Crippen molar-refractivity contribution in [2.24, 2.45) is 0 Å². The summed E-state index contributed by atoms with van der Waals surface area (Å²) in [6.45, 7) is 3.80. The van der Waals surface area contributed by atoms with E-state index >= 15 is 0 Å². The highest BCUT2D eigenvalue weighted by Crippen LogP contribution is 2.20. The molecular weight excluding hydrogens is 320 g/mol. The minimum atomic E-state index is -0.355. The van der Waals surface area contributed by atoms with Crippen LogP contribution < -0.4 is 5.32 Å². The van der Waals surface area contributed by atoms with Crippen molar-refractivity contribution in [2.75, 3.05) is 38.1 Å². The molecule has 0 spiro atoms. The molecule has 0 saturated carbocycles. The third-order valence-electron chi connectivity index (χ3n) is 3.43. The Morgan fingerprint density at radius 2 is 1.96 bits per heavy atom. The monoisotopic (exact) mass is 336 g/mol. The van der Waals surface area contributed by atoms with Crippen molar-refractivity contribution in [2.45, 2.75) is 6.92 Å². The molecule has 1 aliphatic heterocycles. The van der Waals surface area contributed by atoms with E-state index in [4.69, 9.17) is 21.6 Å². The van der Waals surface area contributed by atoms with Crippen LogP contribution in [0.3, 0.4) is 0 Å². The Balaban J connectivity index is 1.89. The van der Waals surface area contributed by atoms with Gasteiger partial charge in [0.15, 0.2) is 0 Å². The molecule has 1 N–H and O–H groups in total. The maximum absolute atomic E-state index is 12.2. The molecule has 0 bridgehead atoms. The summed E-state index contributed by atoms with van der Waals surface area (Å²) in [5.74, 6) is 0. The van der Waals surface area contributed by atoms with Crippen molar-refractivity contribution in [3.05, 3.63) is 28.8 Å². The highest BCUT2D eigenvalue weighted by atomic mass is 35.5. The SMILES string of the molecule is CCOC(=O)N1CCN(C(=O)Nc2ccc(C#N)c(Cl)c2)CC1. The zero-order valence-corrected chi connectivity index (χ0v) is 13.5. The number of halogens is 1. The van der Waals surface area contributed by atoms with Crippen LogP contribution in [0.4, 0.5) is 15.3 Å². The van der Waals surface area contributed by atoms with Crippen LogP contribution in [0.2, 0.25) is 5.02 Å². The summed E-state index contributed by atoms with van der Waals surface area (Å²) in [5, 5.41) is 11.9. The van der Waals surface area contributed by atoms with E-state index < -0.39 is 0 Å². The molecule has 1 aromatic carbocycles. The molecule has 23 heavy (non-hydrogen) atoms. The van der Waals surface area contributed by atoms with Gasteiger partial charge >= 0.3 is 12.1 Å². The summed E-state index contributed by atoms with van der Waals surface area (Å²) in [6.07, 6.45) is -0.355. The molecule has 0 aromatic heterocycles. The van der Waals surface area contributed by atoms with Gasteiger partial charge in [-0.2, -0.15) is 5.26 Å². The Morgan fingerprint density at radius 3 is 2.52 bits per heavy atom. The van der Waals surface area contributed by atoms with Crippen molar-refractivity contribution in [1.82, 2.24) is 9.80 Å². The second-order valence-corrected chi connectivity index (χ2v) is 5.32. The fourth-order valence-corrected chi connectivity index (χ4v) is 2.42. The van der Waals surface area contributed by atoms with Gasteiger partial charge in [-0.1, -0.05) is 11.6 Å². The van der Waals surface area contributed by atoms with E-state index in [0.29, 0.717) is 44.0 Å². The Hall–Kier alpha value is -2.46. The molecule has 0 atom stereocenters. The molecule has 0 unspecified atom stereocenters. The lowest BCUT2D eigenvalue weighted by Crippen LogP contribution is -2.51. The second kappa shape index (κ2) is 7.70.